The Morgan fingerprint density at radius 3 is 2.27 bits per heavy atom. The van der Waals surface area contributed by atoms with Crippen LogP contribution in [0, 0.1) is 0 Å². The van der Waals surface area contributed by atoms with Crippen molar-refractivity contribution in [3.8, 4) is 0 Å². The van der Waals surface area contributed by atoms with E-state index in [0.29, 0.717) is 12.1 Å². The Labute approximate surface area is 92.8 Å². The molecule has 2 nitrogen and oxygen atoms in total. The van der Waals surface area contributed by atoms with E-state index in [4.69, 9.17) is 28.9 Å². The van der Waals surface area contributed by atoms with Gasteiger partial charge in [0.05, 0.1) is 21.8 Å². The Hall–Kier alpha value is -0.940. The third-order valence-corrected chi connectivity index (χ3v) is 2.18. The Balaban J connectivity index is 3.43. The first-order valence-corrected chi connectivity index (χ1v) is 4.35. The highest BCUT2D eigenvalue weighted by Crippen LogP contribution is 2.35. The molecule has 82 valence electrons. The summed E-state index contributed by atoms with van der Waals surface area (Å²) in [7, 11) is 0. The minimum absolute atomic E-state index is 0.260. The van der Waals surface area contributed by atoms with E-state index in [2.05, 4.69) is 0 Å². The van der Waals surface area contributed by atoms with E-state index >= 15 is 0 Å². The van der Waals surface area contributed by atoms with Crippen molar-refractivity contribution < 1.29 is 18.0 Å². The van der Waals surface area contributed by atoms with E-state index in [9.17, 15) is 18.0 Å². The molecule has 1 aromatic carbocycles. The second-order valence-corrected chi connectivity index (χ2v) is 3.44. The lowest BCUT2D eigenvalue weighted by atomic mass is 10.1. The molecule has 0 amide bonds. The number of hydrogen-bond acceptors (Lipinski definition) is 2. The van der Waals surface area contributed by atoms with Crippen molar-refractivity contribution in [3.05, 3.63) is 28.3 Å². The van der Waals surface area contributed by atoms with Gasteiger partial charge in [0.2, 0.25) is 0 Å². The van der Waals surface area contributed by atoms with Crippen LogP contribution in [0.3, 0.4) is 0 Å². The topological polar surface area (TPSA) is 43.1 Å². The first kappa shape index (κ1) is 12.1. The fraction of sp³-hybridized carbons (Fsp3) is 0.125. The number of carbonyl (C=O) groups excluding carboxylic acids is 1. The van der Waals surface area contributed by atoms with Crippen LogP contribution < -0.4 is 5.73 Å². The average Bonchev–Trinajstić information content (AvgIpc) is 2.06. The number of hydrogen-bond donors (Lipinski definition) is 1. The fourth-order valence-electron chi connectivity index (χ4n) is 0.944. The molecule has 0 saturated heterocycles. The molecule has 0 radical (unpaired) electrons. The minimum atomic E-state index is -4.60. The van der Waals surface area contributed by atoms with Crippen LogP contribution in [0.15, 0.2) is 12.1 Å². The van der Waals surface area contributed by atoms with Crippen molar-refractivity contribution in [1.82, 2.24) is 0 Å². The number of benzene rings is 1. The van der Waals surface area contributed by atoms with Gasteiger partial charge in [-0.15, -0.1) is 0 Å². The van der Waals surface area contributed by atoms with Gasteiger partial charge >= 0.3 is 6.18 Å². The van der Waals surface area contributed by atoms with E-state index in [1.54, 1.807) is 0 Å². The summed E-state index contributed by atoms with van der Waals surface area (Å²) in [4.78, 5) is 10.8. The van der Waals surface area contributed by atoms with Gasteiger partial charge in [0, 0.05) is 0 Å². The summed E-state index contributed by atoms with van der Waals surface area (Å²) in [5, 5.41) is -1.44. The monoisotopic (exact) mass is 257 g/mol. The molecule has 0 atom stereocenters. The van der Waals surface area contributed by atoms with Gasteiger partial charge in [0.1, 0.15) is 0 Å². The van der Waals surface area contributed by atoms with E-state index in [1.807, 2.05) is 0 Å². The predicted octanol–water partition coefficient (Wildman–Crippen LogP) is 3.32. The normalized spacial score (nSPS) is 11.5. The van der Waals surface area contributed by atoms with Crippen LogP contribution in [0.4, 0.5) is 18.9 Å². The summed E-state index contributed by atoms with van der Waals surface area (Å²) < 4.78 is 36.9. The first-order valence-electron chi connectivity index (χ1n) is 3.59. The van der Waals surface area contributed by atoms with Gasteiger partial charge < -0.3 is 5.73 Å². The molecule has 0 aliphatic rings. The van der Waals surface area contributed by atoms with Crippen molar-refractivity contribution in [1.29, 1.82) is 0 Å². The van der Waals surface area contributed by atoms with Crippen LogP contribution in [0.5, 0.6) is 0 Å². The highest BCUT2D eigenvalue weighted by atomic mass is 35.5. The van der Waals surface area contributed by atoms with Gasteiger partial charge in [-0.2, -0.15) is 13.2 Å². The highest BCUT2D eigenvalue weighted by Gasteiger charge is 2.32. The molecule has 0 saturated carbocycles. The molecule has 0 spiro atoms. The predicted molar refractivity (Wildman–Crippen MR) is 51.0 cm³/mol. The lowest BCUT2D eigenvalue weighted by Crippen LogP contribution is -2.08. The summed E-state index contributed by atoms with van der Waals surface area (Å²) in [6, 6.07) is 1.21. The van der Waals surface area contributed by atoms with Crippen LogP contribution in [-0.2, 0) is 6.18 Å². The Bertz CT molecular complexity index is 417. The van der Waals surface area contributed by atoms with Gasteiger partial charge in [-0.3, -0.25) is 4.79 Å². The van der Waals surface area contributed by atoms with Crippen LogP contribution in [0.2, 0.25) is 5.02 Å². The van der Waals surface area contributed by atoms with Crippen LogP contribution in [0.1, 0.15) is 15.9 Å². The summed E-state index contributed by atoms with van der Waals surface area (Å²) in [5.41, 5.74) is 3.52. The second-order valence-electron chi connectivity index (χ2n) is 2.69. The molecule has 0 heterocycles. The lowest BCUT2D eigenvalue weighted by molar-refractivity contribution is -0.137. The summed E-state index contributed by atoms with van der Waals surface area (Å²) in [5.74, 6) is 0. The van der Waals surface area contributed by atoms with Crippen LogP contribution in [-0.4, -0.2) is 5.24 Å². The fourth-order valence-corrected chi connectivity index (χ4v) is 1.32. The zero-order valence-electron chi connectivity index (χ0n) is 7.03. The highest BCUT2D eigenvalue weighted by molar-refractivity contribution is 6.68. The quantitative estimate of drug-likeness (QED) is 0.620. The van der Waals surface area contributed by atoms with Gasteiger partial charge in [0.25, 0.3) is 5.24 Å². The molecule has 7 heteroatoms. The molecule has 0 fully saturated rings. The third kappa shape index (κ3) is 2.54. The van der Waals surface area contributed by atoms with Crippen molar-refractivity contribution >= 4 is 34.1 Å². The molecular formula is C8H4Cl2F3NO. The standard InChI is InChI=1S/C8H4Cl2F3NO/c9-5-2-3(8(11,12)13)1-4(6(5)14)7(10)15/h1-2H,14H2. The summed E-state index contributed by atoms with van der Waals surface area (Å²) in [6.45, 7) is 0. The number of carbonyl (C=O) groups is 1. The molecule has 1 aromatic rings. The number of halogens is 5. The van der Waals surface area contributed by atoms with Gasteiger partial charge in [-0.25, -0.2) is 0 Å². The van der Waals surface area contributed by atoms with Crippen LogP contribution in [0.25, 0.3) is 0 Å². The Morgan fingerprint density at radius 1 is 1.33 bits per heavy atom. The lowest BCUT2D eigenvalue weighted by Gasteiger charge is -2.10. The molecule has 2 N–H and O–H groups in total. The molecule has 0 bridgehead atoms. The van der Waals surface area contributed by atoms with Crippen molar-refractivity contribution in [2.45, 2.75) is 6.18 Å². The zero-order chi connectivity index (χ0) is 11.8. The van der Waals surface area contributed by atoms with E-state index in [-0.39, 0.29) is 10.7 Å². The first-order chi connectivity index (χ1) is 6.73. The van der Waals surface area contributed by atoms with Crippen molar-refractivity contribution in [3.63, 3.8) is 0 Å². The SMILES string of the molecule is Nc1c(Cl)cc(C(F)(F)F)cc1C(=O)Cl. The van der Waals surface area contributed by atoms with Gasteiger partial charge in [-0.1, -0.05) is 11.6 Å². The van der Waals surface area contributed by atoms with Gasteiger partial charge in [0.15, 0.2) is 0 Å². The Morgan fingerprint density at radius 2 is 1.87 bits per heavy atom. The second kappa shape index (κ2) is 3.90. The number of anilines is 1. The van der Waals surface area contributed by atoms with E-state index in [0.717, 1.165) is 0 Å². The number of nitrogens with two attached hydrogens (primary N) is 1. The van der Waals surface area contributed by atoms with E-state index in [1.165, 1.54) is 0 Å². The molecule has 0 aliphatic heterocycles. The summed E-state index contributed by atoms with van der Waals surface area (Å²) in [6.07, 6.45) is -4.60. The number of nitrogen functional groups attached to an aromatic ring is 1. The molecule has 15 heavy (non-hydrogen) atoms. The molecular weight excluding hydrogens is 254 g/mol. The summed E-state index contributed by atoms with van der Waals surface area (Å²) >= 11 is 10.5. The van der Waals surface area contributed by atoms with Gasteiger partial charge in [-0.05, 0) is 23.7 Å². The number of alkyl halides is 3. The number of rotatable bonds is 1. The molecule has 1 rings (SSSR count). The van der Waals surface area contributed by atoms with Crippen LogP contribution >= 0.6 is 23.2 Å². The maximum atomic E-state index is 12.3. The van der Waals surface area contributed by atoms with E-state index < -0.39 is 22.5 Å². The minimum Gasteiger partial charge on any atom is -0.397 e. The van der Waals surface area contributed by atoms with Crippen molar-refractivity contribution in [2.75, 3.05) is 5.73 Å². The maximum absolute atomic E-state index is 12.3. The molecule has 0 aromatic heterocycles. The maximum Gasteiger partial charge on any atom is 0.416 e. The van der Waals surface area contributed by atoms with Crippen molar-refractivity contribution in [2.24, 2.45) is 0 Å². The average molecular weight is 258 g/mol. The third-order valence-electron chi connectivity index (χ3n) is 1.67. The largest absolute Gasteiger partial charge is 0.416 e. The molecule has 0 aliphatic carbocycles. The Kier molecular flexibility index (Phi) is 3.16. The smallest absolute Gasteiger partial charge is 0.397 e. The molecule has 0 unspecified atom stereocenters. The zero-order valence-corrected chi connectivity index (χ0v) is 8.54.